The number of aryl methyl sites for hydroxylation is 2. The van der Waals surface area contributed by atoms with E-state index in [2.05, 4.69) is 15.2 Å². The molecule has 1 amide bonds. The van der Waals surface area contributed by atoms with Crippen molar-refractivity contribution in [2.24, 2.45) is 7.05 Å². The highest BCUT2D eigenvalue weighted by Crippen LogP contribution is 2.35. The zero-order chi connectivity index (χ0) is 25.8. The molecule has 0 atom stereocenters. The minimum absolute atomic E-state index is 0.00992. The van der Waals surface area contributed by atoms with Crippen LogP contribution in [0, 0.1) is 13.8 Å². The molecular formula is C26H23F3N6O. The van der Waals surface area contributed by atoms with Crippen LogP contribution < -0.4 is 0 Å². The minimum atomic E-state index is -4.71. The van der Waals surface area contributed by atoms with Crippen molar-refractivity contribution in [3.63, 3.8) is 0 Å². The minimum Gasteiger partial charge on any atom is -0.337 e. The molecule has 7 nitrogen and oxygen atoms in total. The first-order valence-corrected chi connectivity index (χ1v) is 11.2. The summed E-state index contributed by atoms with van der Waals surface area (Å²) in [6.45, 7) is 4.00. The van der Waals surface area contributed by atoms with E-state index >= 15 is 0 Å². The number of benzene rings is 2. The van der Waals surface area contributed by atoms with Crippen LogP contribution in [0.5, 0.6) is 0 Å². The van der Waals surface area contributed by atoms with Crippen molar-refractivity contribution < 1.29 is 18.0 Å². The van der Waals surface area contributed by atoms with E-state index in [-0.39, 0.29) is 23.4 Å². The van der Waals surface area contributed by atoms with Crippen molar-refractivity contribution in [3.05, 3.63) is 82.9 Å². The third kappa shape index (κ3) is 3.88. The molecule has 5 rings (SSSR count). The van der Waals surface area contributed by atoms with Gasteiger partial charge in [0.15, 0.2) is 11.3 Å². The molecule has 0 bridgehead atoms. The Balaban J connectivity index is 1.65. The normalized spacial score (nSPS) is 12.0. The first kappa shape index (κ1) is 23.5. The standard InChI is InChI=1S/C26H23F3N6O/c1-15-21(16(2)34(4)32-15)14-33(3)25(36)20-13-30-35-23(26(27,28)29)12-22(31-24(20)35)19-11-7-9-17-8-5-6-10-18(17)19/h5-13H,14H2,1-4H3. The molecule has 5 aromatic rings. The second-order valence-corrected chi connectivity index (χ2v) is 8.78. The van der Waals surface area contributed by atoms with Crippen molar-refractivity contribution in [2.45, 2.75) is 26.6 Å². The van der Waals surface area contributed by atoms with Crippen LogP contribution in [0.25, 0.3) is 27.7 Å². The molecule has 0 spiro atoms. The fourth-order valence-electron chi connectivity index (χ4n) is 4.46. The van der Waals surface area contributed by atoms with Gasteiger partial charge in [0.1, 0.15) is 5.56 Å². The smallest absolute Gasteiger partial charge is 0.337 e. The van der Waals surface area contributed by atoms with Crippen molar-refractivity contribution >= 4 is 22.3 Å². The number of hydrogen-bond acceptors (Lipinski definition) is 4. The van der Waals surface area contributed by atoms with E-state index < -0.39 is 17.8 Å². The van der Waals surface area contributed by atoms with Crippen molar-refractivity contribution in [1.29, 1.82) is 0 Å². The second kappa shape index (κ2) is 8.47. The number of amides is 1. The number of halogens is 3. The highest BCUT2D eigenvalue weighted by molar-refractivity contribution is 6.00. The number of hydrogen-bond donors (Lipinski definition) is 0. The summed E-state index contributed by atoms with van der Waals surface area (Å²) in [6.07, 6.45) is -3.56. The molecular weight excluding hydrogens is 469 g/mol. The van der Waals surface area contributed by atoms with Gasteiger partial charge in [-0.05, 0) is 30.7 Å². The Morgan fingerprint density at radius 1 is 1.08 bits per heavy atom. The average Bonchev–Trinajstić information content (AvgIpc) is 3.37. The molecule has 0 aliphatic heterocycles. The van der Waals surface area contributed by atoms with Crippen LogP contribution >= 0.6 is 0 Å². The van der Waals surface area contributed by atoms with Gasteiger partial charge in [0.25, 0.3) is 5.91 Å². The van der Waals surface area contributed by atoms with E-state index in [1.165, 1.54) is 4.90 Å². The highest BCUT2D eigenvalue weighted by Gasteiger charge is 2.36. The van der Waals surface area contributed by atoms with E-state index in [1.807, 2.05) is 51.2 Å². The van der Waals surface area contributed by atoms with Gasteiger partial charge in [-0.3, -0.25) is 9.48 Å². The molecule has 2 aromatic carbocycles. The monoisotopic (exact) mass is 492 g/mol. The van der Waals surface area contributed by atoms with Crippen molar-refractivity contribution in [1.82, 2.24) is 29.3 Å². The van der Waals surface area contributed by atoms with Crippen LogP contribution in [-0.4, -0.2) is 42.2 Å². The Morgan fingerprint density at radius 2 is 1.81 bits per heavy atom. The van der Waals surface area contributed by atoms with Gasteiger partial charge >= 0.3 is 6.18 Å². The Kier molecular flexibility index (Phi) is 5.54. The summed E-state index contributed by atoms with van der Waals surface area (Å²) < 4.78 is 44.7. The van der Waals surface area contributed by atoms with E-state index in [9.17, 15) is 18.0 Å². The first-order valence-electron chi connectivity index (χ1n) is 11.2. The first-order chi connectivity index (χ1) is 17.1. The van der Waals surface area contributed by atoms with Gasteiger partial charge in [0, 0.05) is 37.5 Å². The molecule has 0 saturated carbocycles. The maximum absolute atomic E-state index is 14.1. The van der Waals surface area contributed by atoms with Gasteiger partial charge in [-0.1, -0.05) is 42.5 Å². The van der Waals surface area contributed by atoms with Crippen LogP contribution in [0.15, 0.2) is 54.7 Å². The van der Waals surface area contributed by atoms with E-state index in [1.54, 1.807) is 23.9 Å². The lowest BCUT2D eigenvalue weighted by Crippen LogP contribution is -2.27. The maximum atomic E-state index is 14.1. The van der Waals surface area contributed by atoms with Crippen LogP contribution in [-0.2, 0) is 19.8 Å². The van der Waals surface area contributed by atoms with Crippen LogP contribution in [0.1, 0.15) is 33.0 Å². The Labute approximate surface area is 204 Å². The van der Waals surface area contributed by atoms with Gasteiger partial charge in [-0.15, -0.1) is 0 Å². The lowest BCUT2D eigenvalue weighted by molar-refractivity contribution is -0.142. The average molecular weight is 493 g/mol. The predicted molar refractivity (Wildman–Crippen MR) is 129 cm³/mol. The van der Waals surface area contributed by atoms with Gasteiger partial charge in [-0.25, -0.2) is 9.50 Å². The lowest BCUT2D eigenvalue weighted by atomic mass is 10.0. The molecule has 3 aromatic heterocycles. The molecule has 0 radical (unpaired) electrons. The molecule has 3 heterocycles. The predicted octanol–water partition coefficient (Wildman–Crippen LogP) is 5.19. The summed E-state index contributed by atoms with van der Waals surface area (Å²) in [5.41, 5.74) is 2.06. The highest BCUT2D eigenvalue weighted by atomic mass is 19.4. The fourth-order valence-corrected chi connectivity index (χ4v) is 4.46. The zero-order valence-corrected chi connectivity index (χ0v) is 20.1. The van der Waals surface area contributed by atoms with Gasteiger partial charge < -0.3 is 4.90 Å². The quantitative estimate of drug-likeness (QED) is 0.346. The molecule has 0 N–H and O–H groups in total. The molecule has 36 heavy (non-hydrogen) atoms. The SMILES string of the molecule is Cc1nn(C)c(C)c1CN(C)C(=O)c1cnn2c(C(F)(F)F)cc(-c3cccc4ccccc34)nc12. The number of alkyl halides is 3. The van der Waals surface area contributed by atoms with E-state index in [4.69, 9.17) is 0 Å². The third-order valence-electron chi connectivity index (χ3n) is 6.46. The molecule has 0 saturated heterocycles. The van der Waals surface area contributed by atoms with Crippen molar-refractivity contribution in [3.8, 4) is 11.3 Å². The third-order valence-corrected chi connectivity index (χ3v) is 6.46. The number of carbonyl (C=O) groups is 1. The molecule has 184 valence electrons. The summed E-state index contributed by atoms with van der Waals surface area (Å²) >= 11 is 0. The number of carbonyl (C=O) groups excluding carboxylic acids is 1. The Bertz CT molecular complexity index is 1630. The maximum Gasteiger partial charge on any atom is 0.433 e. The second-order valence-electron chi connectivity index (χ2n) is 8.78. The van der Waals surface area contributed by atoms with E-state index in [0.717, 1.165) is 40.0 Å². The molecule has 0 aliphatic rings. The molecule has 0 fully saturated rings. The number of fused-ring (bicyclic) bond motifs is 2. The van der Waals surface area contributed by atoms with Crippen LogP contribution in [0.3, 0.4) is 0 Å². The van der Waals surface area contributed by atoms with Crippen LogP contribution in [0.4, 0.5) is 13.2 Å². The lowest BCUT2D eigenvalue weighted by Gasteiger charge is -2.17. The van der Waals surface area contributed by atoms with Gasteiger partial charge in [0.2, 0.25) is 0 Å². The van der Waals surface area contributed by atoms with Crippen molar-refractivity contribution in [2.75, 3.05) is 7.05 Å². The Hall–Kier alpha value is -4.21. The van der Waals surface area contributed by atoms with Gasteiger partial charge in [0.05, 0.1) is 17.6 Å². The molecule has 0 aliphatic carbocycles. The summed E-state index contributed by atoms with van der Waals surface area (Å²) in [4.78, 5) is 19.4. The fraction of sp³-hybridized carbons (Fsp3) is 0.231. The summed E-state index contributed by atoms with van der Waals surface area (Å²) in [6, 6.07) is 13.7. The summed E-state index contributed by atoms with van der Waals surface area (Å²) in [5.74, 6) is -0.483. The van der Waals surface area contributed by atoms with Crippen LogP contribution in [0.2, 0.25) is 0 Å². The number of aromatic nitrogens is 5. The molecule has 10 heteroatoms. The number of nitrogens with zero attached hydrogens (tertiary/aromatic N) is 6. The van der Waals surface area contributed by atoms with Gasteiger partial charge in [-0.2, -0.15) is 23.4 Å². The summed E-state index contributed by atoms with van der Waals surface area (Å²) in [7, 11) is 3.41. The van der Waals surface area contributed by atoms with E-state index in [0.29, 0.717) is 10.1 Å². The zero-order valence-electron chi connectivity index (χ0n) is 20.1. The largest absolute Gasteiger partial charge is 0.433 e. The summed E-state index contributed by atoms with van der Waals surface area (Å²) in [5, 5.41) is 9.90. The number of rotatable bonds is 4. The Morgan fingerprint density at radius 3 is 2.50 bits per heavy atom. The topological polar surface area (TPSA) is 68.3 Å². The molecule has 0 unspecified atom stereocenters.